The van der Waals surface area contributed by atoms with Crippen LogP contribution in [0.3, 0.4) is 0 Å². The van der Waals surface area contributed by atoms with E-state index in [1.54, 1.807) is 12.1 Å². The van der Waals surface area contributed by atoms with Gasteiger partial charge in [0.1, 0.15) is 0 Å². The van der Waals surface area contributed by atoms with Gasteiger partial charge in [0.15, 0.2) is 5.75 Å². The topological polar surface area (TPSA) is 79.1 Å². The van der Waals surface area contributed by atoms with E-state index in [9.17, 15) is 15.2 Å². The standard InChI is InChI=1S/C16H25N3O4/c1-17-7-5-14(6-8-17)18(9-10-20)12-13-3-4-16(23-2)15(11-13)19(21)22/h3-4,11,14,20H,5-10,12H2,1-2H3. The van der Waals surface area contributed by atoms with Gasteiger partial charge in [0.25, 0.3) is 0 Å². The molecule has 128 valence electrons. The van der Waals surface area contributed by atoms with Crippen LogP contribution in [0.25, 0.3) is 0 Å². The fourth-order valence-electron chi connectivity index (χ4n) is 3.09. The molecule has 0 amide bonds. The van der Waals surface area contributed by atoms with Crippen LogP contribution in [-0.2, 0) is 6.54 Å². The van der Waals surface area contributed by atoms with Gasteiger partial charge in [0.2, 0.25) is 0 Å². The van der Waals surface area contributed by atoms with Crippen molar-refractivity contribution in [2.45, 2.75) is 25.4 Å². The molecule has 2 rings (SSSR count). The Balaban J connectivity index is 2.13. The van der Waals surface area contributed by atoms with Crippen molar-refractivity contribution in [2.24, 2.45) is 0 Å². The molecule has 0 aliphatic carbocycles. The number of aliphatic hydroxyl groups is 1. The highest BCUT2D eigenvalue weighted by Crippen LogP contribution is 2.28. The highest BCUT2D eigenvalue weighted by atomic mass is 16.6. The van der Waals surface area contributed by atoms with Crippen LogP contribution in [0, 0.1) is 10.1 Å². The third kappa shape index (κ3) is 4.63. The van der Waals surface area contributed by atoms with E-state index in [2.05, 4.69) is 16.8 Å². The van der Waals surface area contributed by atoms with Crippen LogP contribution in [0.4, 0.5) is 5.69 Å². The molecule has 1 aromatic rings. The van der Waals surface area contributed by atoms with Gasteiger partial charge >= 0.3 is 5.69 Å². The van der Waals surface area contributed by atoms with E-state index < -0.39 is 4.92 Å². The molecule has 0 spiro atoms. The zero-order valence-electron chi connectivity index (χ0n) is 13.8. The number of rotatable bonds is 7. The number of hydrogen-bond donors (Lipinski definition) is 1. The molecule has 0 radical (unpaired) electrons. The number of nitro groups is 1. The van der Waals surface area contributed by atoms with Gasteiger partial charge in [-0.15, -0.1) is 0 Å². The van der Waals surface area contributed by atoms with Crippen molar-refractivity contribution >= 4 is 5.69 Å². The Morgan fingerprint density at radius 1 is 1.43 bits per heavy atom. The van der Waals surface area contributed by atoms with Gasteiger partial charge in [-0.25, -0.2) is 0 Å². The Labute approximate surface area is 136 Å². The number of piperidine rings is 1. The first-order valence-corrected chi connectivity index (χ1v) is 7.90. The molecule has 0 unspecified atom stereocenters. The fourth-order valence-corrected chi connectivity index (χ4v) is 3.09. The van der Waals surface area contributed by atoms with Gasteiger partial charge in [0.05, 0.1) is 18.6 Å². The molecule has 7 nitrogen and oxygen atoms in total. The molecule has 0 saturated carbocycles. The van der Waals surface area contributed by atoms with Crippen molar-refractivity contribution in [1.29, 1.82) is 0 Å². The quantitative estimate of drug-likeness (QED) is 0.605. The minimum atomic E-state index is -0.422. The molecule has 0 aromatic heterocycles. The van der Waals surface area contributed by atoms with Gasteiger partial charge in [-0.1, -0.05) is 6.07 Å². The van der Waals surface area contributed by atoms with E-state index in [0.717, 1.165) is 31.5 Å². The second-order valence-electron chi connectivity index (χ2n) is 5.99. The molecule has 1 N–H and O–H groups in total. The second kappa shape index (κ2) is 8.24. The average Bonchev–Trinajstić information content (AvgIpc) is 2.55. The first kappa shape index (κ1) is 17.7. The number of aliphatic hydroxyl groups excluding tert-OH is 1. The number of ether oxygens (including phenoxy) is 1. The van der Waals surface area contributed by atoms with E-state index >= 15 is 0 Å². The van der Waals surface area contributed by atoms with Gasteiger partial charge in [-0.05, 0) is 44.6 Å². The van der Waals surface area contributed by atoms with E-state index in [-0.39, 0.29) is 18.0 Å². The zero-order chi connectivity index (χ0) is 16.8. The molecule has 1 heterocycles. The number of nitro benzene ring substituents is 1. The van der Waals surface area contributed by atoms with Crippen molar-refractivity contribution in [3.05, 3.63) is 33.9 Å². The molecule has 1 aliphatic heterocycles. The SMILES string of the molecule is COc1ccc(CN(CCO)C2CCN(C)CC2)cc1[N+](=O)[O-]. The first-order chi connectivity index (χ1) is 11.0. The van der Waals surface area contributed by atoms with Gasteiger partial charge < -0.3 is 14.7 Å². The minimum absolute atomic E-state index is 0.0164. The summed E-state index contributed by atoms with van der Waals surface area (Å²) in [4.78, 5) is 15.2. The predicted octanol–water partition coefficient (Wildman–Crippen LogP) is 1.49. The third-order valence-corrected chi connectivity index (χ3v) is 4.42. The summed E-state index contributed by atoms with van der Waals surface area (Å²) in [6.45, 7) is 3.34. The fraction of sp³-hybridized carbons (Fsp3) is 0.625. The summed E-state index contributed by atoms with van der Waals surface area (Å²) in [5.41, 5.74) is 0.849. The number of nitrogens with zero attached hydrogens (tertiary/aromatic N) is 3. The molecular formula is C16H25N3O4. The van der Waals surface area contributed by atoms with E-state index in [0.29, 0.717) is 19.1 Å². The van der Waals surface area contributed by atoms with Crippen molar-refractivity contribution < 1.29 is 14.8 Å². The van der Waals surface area contributed by atoms with Gasteiger partial charge in [-0.3, -0.25) is 15.0 Å². The van der Waals surface area contributed by atoms with E-state index in [4.69, 9.17) is 4.74 Å². The second-order valence-corrected chi connectivity index (χ2v) is 5.99. The van der Waals surface area contributed by atoms with E-state index in [1.807, 2.05) is 6.07 Å². The van der Waals surface area contributed by atoms with Crippen molar-refractivity contribution in [3.8, 4) is 5.75 Å². The first-order valence-electron chi connectivity index (χ1n) is 7.90. The lowest BCUT2D eigenvalue weighted by molar-refractivity contribution is -0.385. The minimum Gasteiger partial charge on any atom is -0.490 e. The number of hydrogen-bond acceptors (Lipinski definition) is 6. The summed E-state index contributed by atoms with van der Waals surface area (Å²) in [5, 5.41) is 20.5. The zero-order valence-corrected chi connectivity index (χ0v) is 13.8. The average molecular weight is 323 g/mol. The summed E-state index contributed by atoms with van der Waals surface area (Å²) >= 11 is 0. The van der Waals surface area contributed by atoms with Crippen LogP contribution in [-0.4, -0.2) is 66.3 Å². The Bertz CT molecular complexity index is 530. The maximum Gasteiger partial charge on any atom is 0.311 e. The van der Waals surface area contributed by atoms with Crippen LogP contribution in [0.1, 0.15) is 18.4 Å². The van der Waals surface area contributed by atoms with Crippen molar-refractivity contribution in [1.82, 2.24) is 9.80 Å². The molecule has 1 aromatic carbocycles. The maximum absolute atomic E-state index is 11.1. The Kier molecular flexibility index (Phi) is 6.32. The molecular weight excluding hydrogens is 298 g/mol. The summed E-state index contributed by atoms with van der Waals surface area (Å²) in [6.07, 6.45) is 2.10. The molecule has 1 fully saturated rings. The van der Waals surface area contributed by atoms with Gasteiger partial charge in [0, 0.05) is 25.2 Å². The summed E-state index contributed by atoms with van der Waals surface area (Å²) in [6, 6.07) is 5.46. The molecule has 0 bridgehead atoms. The predicted molar refractivity (Wildman–Crippen MR) is 87.7 cm³/mol. The lowest BCUT2D eigenvalue weighted by Gasteiger charge is -2.37. The van der Waals surface area contributed by atoms with Gasteiger partial charge in [-0.2, -0.15) is 0 Å². The number of likely N-dealkylation sites (tertiary alicyclic amines) is 1. The maximum atomic E-state index is 11.1. The van der Waals surface area contributed by atoms with Crippen LogP contribution >= 0.6 is 0 Å². The molecule has 23 heavy (non-hydrogen) atoms. The summed E-state index contributed by atoms with van der Waals surface area (Å²) in [7, 11) is 3.54. The van der Waals surface area contributed by atoms with Crippen LogP contribution in [0.5, 0.6) is 5.75 Å². The Morgan fingerprint density at radius 3 is 2.70 bits per heavy atom. The van der Waals surface area contributed by atoms with Crippen molar-refractivity contribution in [2.75, 3.05) is 40.4 Å². The number of benzene rings is 1. The monoisotopic (exact) mass is 323 g/mol. The Hall–Kier alpha value is -1.70. The Morgan fingerprint density at radius 2 is 2.13 bits per heavy atom. The van der Waals surface area contributed by atoms with Crippen LogP contribution in [0.2, 0.25) is 0 Å². The number of methoxy groups -OCH3 is 1. The lowest BCUT2D eigenvalue weighted by atomic mass is 10.0. The molecule has 1 aliphatic rings. The highest BCUT2D eigenvalue weighted by molar-refractivity contribution is 5.48. The highest BCUT2D eigenvalue weighted by Gasteiger charge is 2.24. The third-order valence-electron chi connectivity index (χ3n) is 4.42. The molecule has 0 atom stereocenters. The molecule has 7 heteroatoms. The van der Waals surface area contributed by atoms with Crippen molar-refractivity contribution in [3.63, 3.8) is 0 Å². The summed E-state index contributed by atoms with van der Waals surface area (Å²) in [5.74, 6) is 0.270. The van der Waals surface area contributed by atoms with Crippen LogP contribution in [0.15, 0.2) is 18.2 Å². The molecule has 1 saturated heterocycles. The summed E-state index contributed by atoms with van der Waals surface area (Å²) < 4.78 is 5.04. The largest absolute Gasteiger partial charge is 0.490 e. The van der Waals surface area contributed by atoms with Crippen LogP contribution < -0.4 is 4.74 Å². The van der Waals surface area contributed by atoms with E-state index in [1.165, 1.54) is 7.11 Å². The normalized spacial score (nSPS) is 16.7. The smallest absolute Gasteiger partial charge is 0.311 e. The lowest BCUT2D eigenvalue weighted by Crippen LogP contribution is -2.44.